The number of alkyl halides is 1. The highest BCUT2D eigenvalue weighted by Gasteiger charge is 2.47. The summed E-state index contributed by atoms with van der Waals surface area (Å²) in [6, 6.07) is 4.71. The van der Waals surface area contributed by atoms with Gasteiger partial charge in [0.05, 0.1) is 12.0 Å². The van der Waals surface area contributed by atoms with Crippen LogP contribution in [0.3, 0.4) is 0 Å². The minimum Gasteiger partial charge on any atom is -0.496 e. The first-order chi connectivity index (χ1) is 8.48. The van der Waals surface area contributed by atoms with Gasteiger partial charge in [0.2, 0.25) is 0 Å². The number of nitro benzene ring substituents is 1. The normalized spacial score (nSPS) is 18.2. The SMILES string of the molecule is COc1ccc([N+](=O)[O-])cc1CC1(C(C)Cl)CC1. The summed E-state index contributed by atoms with van der Waals surface area (Å²) in [6.07, 6.45) is 2.88. The standard InChI is InChI=1S/C13H16ClNO3/c1-9(14)13(5-6-13)8-10-7-11(15(16)17)3-4-12(10)18-2/h3-4,7,9H,5-6,8H2,1-2H3. The Morgan fingerprint density at radius 1 is 1.56 bits per heavy atom. The summed E-state index contributed by atoms with van der Waals surface area (Å²) in [7, 11) is 1.58. The van der Waals surface area contributed by atoms with E-state index in [1.54, 1.807) is 19.2 Å². The van der Waals surface area contributed by atoms with Crippen LogP contribution in [0.5, 0.6) is 5.75 Å². The third-order valence-electron chi connectivity index (χ3n) is 3.75. The van der Waals surface area contributed by atoms with Gasteiger partial charge in [0.1, 0.15) is 5.75 Å². The molecule has 98 valence electrons. The number of ether oxygens (including phenoxy) is 1. The number of hydrogen-bond donors (Lipinski definition) is 0. The molecule has 0 aliphatic heterocycles. The molecule has 5 heteroatoms. The number of non-ortho nitro benzene ring substituents is 1. The second-order valence-corrected chi connectivity index (χ2v) is 5.56. The van der Waals surface area contributed by atoms with E-state index in [4.69, 9.17) is 16.3 Å². The number of rotatable bonds is 5. The van der Waals surface area contributed by atoms with Gasteiger partial charge < -0.3 is 4.74 Å². The average molecular weight is 270 g/mol. The van der Waals surface area contributed by atoms with Crippen molar-refractivity contribution >= 4 is 17.3 Å². The van der Waals surface area contributed by atoms with E-state index in [-0.39, 0.29) is 21.4 Å². The van der Waals surface area contributed by atoms with Gasteiger partial charge in [-0.1, -0.05) is 0 Å². The molecule has 0 bridgehead atoms. The van der Waals surface area contributed by atoms with Crippen LogP contribution in [0, 0.1) is 15.5 Å². The van der Waals surface area contributed by atoms with Crippen LogP contribution in [0.4, 0.5) is 5.69 Å². The number of hydrogen-bond acceptors (Lipinski definition) is 3. The van der Waals surface area contributed by atoms with Crippen molar-refractivity contribution in [3.05, 3.63) is 33.9 Å². The van der Waals surface area contributed by atoms with Crippen LogP contribution in [-0.4, -0.2) is 17.4 Å². The lowest BCUT2D eigenvalue weighted by molar-refractivity contribution is -0.384. The maximum absolute atomic E-state index is 10.8. The zero-order valence-corrected chi connectivity index (χ0v) is 11.2. The van der Waals surface area contributed by atoms with E-state index < -0.39 is 0 Å². The number of nitro groups is 1. The quantitative estimate of drug-likeness (QED) is 0.467. The van der Waals surface area contributed by atoms with E-state index in [0.717, 1.165) is 24.8 Å². The van der Waals surface area contributed by atoms with Crippen molar-refractivity contribution in [1.29, 1.82) is 0 Å². The molecule has 1 aromatic carbocycles. The summed E-state index contributed by atoms with van der Waals surface area (Å²) in [5.41, 5.74) is 1.06. The molecular formula is C13H16ClNO3. The monoisotopic (exact) mass is 269 g/mol. The fourth-order valence-electron chi connectivity index (χ4n) is 2.27. The maximum atomic E-state index is 10.8. The van der Waals surface area contributed by atoms with Crippen molar-refractivity contribution in [3.8, 4) is 5.75 Å². The number of nitrogens with zero attached hydrogens (tertiary/aromatic N) is 1. The third-order valence-corrected chi connectivity index (χ3v) is 4.22. The lowest BCUT2D eigenvalue weighted by Crippen LogP contribution is -2.16. The van der Waals surface area contributed by atoms with Gasteiger partial charge in [-0.3, -0.25) is 10.1 Å². The molecule has 1 aliphatic carbocycles. The van der Waals surface area contributed by atoms with Crippen molar-refractivity contribution in [1.82, 2.24) is 0 Å². The molecule has 1 aromatic rings. The molecule has 1 unspecified atom stereocenters. The van der Waals surface area contributed by atoms with Crippen LogP contribution >= 0.6 is 11.6 Å². The number of benzene rings is 1. The molecule has 4 nitrogen and oxygen atoms in total. The Hall–Kier alpha value is -1.29. The molecule has 0 radical (unpaired) electrons. The Morgan fingerprint density at radius 3 is 2.67 bits per heavy atom. The van der Waals surface area contributed by atoms with Crippen molar-refractivity contribution in [2.75, 3.05) is 7.11 Å². The Morgan fingerprint density at radius 2 is 2.22 bits per heavy atom. The number of methoxy groups -OCH3 is 1. The Kier molecular flexibility index (Phi) is 3.48. The highest BCUT2D eigenvalue weighted by Crippen LogP contribution is 2.54. The van der Waals surface area contributed by atoms with Crippen molar-refractivity contribution in [2.45, 2.75) is 31.6 Å². The van der Waals surface area contributed by atoms with Crippen LogP contribution in [-0.2, 0) is 6.42 Å². The fraction of sp³-hybridized carbons (Fsp3) is 0.538. The van der Waals surface area contributed by atoms with Gasteiger partial charge in [-0.15, -0.1) is 11.6 Å². The molecule has 2 rings (SSSR count). The summed E-state index contributed by atoms with van der Waals surface area (Å²) in [5.74, 6) is 0.698. The first-order valence-corrected chi connectivity index (χ1v) is 6.37. The molecule has 0 spiro atoms. The van der Waals surface area contributed by atoms with Gasteiger partial charge >= 0.3 is 0 Å². The molecule has 1 aliphatic rings. The van der Waals surface area contributed by atoms with Crippen LogP contribution in [0.25, 0.3) is 0 Å². The Bertz CT molecular complexity index is 469. The molecule has 0 heterocycles. The molecule has 1 saturated carbocycles. The summed E-state index contributed by atoms with van der Waals surface area (Å²) in [5, 5.41) is 10.9. The average Bonchev–Trinajstić information content (AvgIpc) is 3.10. The van der Waals surface area contributed by atoms with Crippen molar-refractivity contribution < 1.29 is 9.66 Å². The van der Waals surface area contributed by atoms with Gasteiger partial charge in [0.25, 0.3) is 5.69 Å². The third kappa shape index (κ3) is 2.43. The first kappa shape index (κ1) is 13.1. The van der Waals surface area contributed by atoms with Gasteiger partial charge in [-0.2, -0.15) is 0 Å². The van der Waals surface area contributed by atoms with Crippen LogP contribution in [0.15, 0.2) is 18.2 Å². The minimum atomic E-state index is -0.382. The van der Waals surface area contributed by atoms with Crippen LogP contribution in [0.1, 0.15) is 25.3 Å². The second-order valence-electron chi connectivity index (χ2n) is 4.91. The second kappa shape index (κ2) is 4.76. The molecule has 0 amide bonds. The summed E-state index contributed by atoms with van der Waals surface area (Å²) in [6.45, 7) is 1.98. The number of halogens is 1. The van der Waals surface area contributed by atoms with E-state index in [0.29, 0.717) is 5.75 Å². The van der Waals surface area contributed by atoms with E-state index in [2.05, 4.69) is 0 Å². The summed E-state index contributed by atoms with van der Waals surface area (Å²) < 4.78 is 5.27. The largest absolute Gasteiger partial charge is 0.496 e. The summed E-state index contributed by atoms with van der Waals surface area (Å²) in [4.78, 5) is 10.4. The molecule has 0 aromatic heterocycles. The van der Waals surface area contributed by atoms with Gasteiger partial charge in [0, 0.05) is 23.1 Å². The van der Waals surface area contributed by atoms with Crippen LogP contribution < -0.4 is 4.74 Å². The van der Waals surface area contributed by atoms with Gasteiger partial charge in [0.15, 0.2) is 0 Å². The molecule has 0 saturated heterocycles. The van der Waals surface area contributed by atoms with Crippen LogP contribution in [0.2, 0.25) is 0 Å². The molecule has 18 heavy (non-hydrogen) atoms. The van der Waals surface area contributed by atoms with Gasteiger partial charge in [-0.25, -0.2) is 0 Å². The first-order valence-electron chi connectivity index (χ1n) is 5.94. The Balaban J connectivity index is 2.30. The van der Waals surface area contributed by atoms with E-state index in [1.165, 1.54) is 6.07 Å². The molecule has 0 N–H and O–H groups in total. The minimum absolute atomic E-state index is 0.0708. The zero-order valence-electron chi connectivity index (χ0n) is 10.5. The molecule has 1 fully saturated rings. The predicted molar refractivity (Wildman–Crippen MR) is 70.3 cm³/mol. The lowest BCUT2D eigenvalue weighted by atomic mass is 9.93. The smallest absolute Gasteiger partial charge is 0.269 e. The van der Waals surface area contributed by atoms with E-state index >= 15 is 0 Å². The molecule has 1 atom stereocenters. The highest BCUT2D eigenvalue weighted by molar-refractivity contribution is 6.21. The highest BCUT2D eigenvalue weighted by atomic mass is 35.5. The Labute approximate surface area is 111 Å². The van der Waals surface area contributed by atoms with Crippen molar-refractivity contribution in [3.63, 3.8) is 0 Å². The zero-order chi connectivity index (χ0) is 13.3. The predicted octanol–water partition coefficient (Wildman–Crippen LogP) is 3.55. The van der Waals surface area contributed by atoms with Gasteiger partial charge in [-0.05, 0) is 37.7 Å². The summed E-state index contributed by atoms with van der Waals surface area (Å²) >= 11 is 6.20. The lowest BCUT2D eigenvalue weighted by Gasteiger charge is -2.19. The topological polar surface area (TPSA) is 52.4 Å². The maximum Gasteiger partial charge on any atom is 0.269 e. The van der Waals surface area contributed by atoms with E-state index in [9.17, 15) is 10.1 Å². The molecular weight excluding hydrogens is 254 g/mol. The van der Waals surface area contributed by atoms with Crippen molar-refractivity contribution in [2.24, 2.45) is 5.41 Å². The van der Waals surface area contributed by atoms with E-state index in [1.807, 2.05) is 6.92 Å². The fourth-order valence-corrected chi connectivity index (χ4v) is 2.57.